The normalized spacial score (nSPS) is 10.7. The molecule has 3 aromatic rings. The van der Waals surface area contributed by atoms with Crippen LogP contribution in [0.4, 0.5) is 5.69 Å². The third-order valence-corrected chi connectivity index (χ3v) is 3.46. The predicted octanol–water partition coefficient (Wildman–Crippen LogP) is 2.09. The second kappa shape index (κ2) is 5.28. The third-order valence-electron chi connectivity index (χ3n) is 3.46. The first-order chi connectivity index (χ1) is 10.1. The largest absolute Gasteiger partial charge is 0.398 e. The fraction of sp³-hybridized carbons (Fsp3) is 0.125. The number of rotatable bonds is 3. The molecule has 0 aliphatic carbocycles. The Morgan fingerprint density at radius 3 is 2.86 bits per heavy atom. The van der Waals surface area contributed by atoms with Gasteiger partial charge < -0.3 is 15.6 Å². The number of nitrogens with two attached hydrogens (primary N) is 1. The Kier molecular flexibility index (Phi) is 3.31. The van der Waals surface area contributed by atoms with Gasteiger partial charge in [0.2, 0.25) is 0 Å². The zero-order chi connectivity index (χ0) is 14.8. The highest BCUT2D eigenvalue weighted by Crippen LogP contribution is 2.20. The number of amides is 1. The van der Waals surface area contributed by atoms with Gasteiger partial charge in [-0.15, -0.1) is 0 Å². The number of carbonyl (C=O) groups is 1. The van der Waals surface area contributed by atoms with Crippen molar-refractivity contribution in [3.8, 4) is 0 Å². The Balaban J connectivity index is 1.83. The molecule has 0 saturated heterocycles. The molecule has 106 valence electrons. The van der Waals surface area contributed by atoms with Crippen LogP contribution in [0.5, 0.6) is 0 Å². The quantitative estimate of drug-likeness (QED) is 0.771. The summed E-state index contributed by atoms with van der Waals surface area (Å²) < 4.78 is 1.96. The van der Waals surface area contributed by atoms with Crippen molar-refractivity contribution in [3.63, 3.8) is 0 Å². The Labute approximate surface area is 122 Å². The van der Waals surface area contributed by atoms with Crippen molar-refractivity contribution in [1.29, 1.82) is 0 Å². The van der Waals surface area contributed by atoms with Crippen LogP contribution in [0.15, 0.2) is 48.7 Å². The number of fused-ring (bicyclic) bond motifs is 1. The van der Waals surface area contributed by atoms with Crippen LogP contribution in [-0.2, 0) is 13.6 Å². The molecule has 0 unspecified atom stereocenters. The topological polar surface area (TPSA) is 72.9 Å². The summed E-state index contributed by atoms with van der Waals surface area (Å²) in [6, 6.07) is 13.0. The van der Waals surface area contributed by atoms with E-state index in [2.05, 4.69) is 10.3 Å². The summed E-state index contributed by atoms with van der Waals surface area (Å²) in [5.41, 5.74) is 8.63. The fourth-order valence-electron chi connectivity index (χ4n) is 2.26. The smallest absolute Gasteiger partial charge is 0.270 e. The molecule has 5 heteroatoms. The van der Waals surface area contributed by atoms with Gasteiger partial charge in [0.05, 0.1) is 12.1 Å². The van der Waals surface area contributed by atoms with E-state index >= 15 is 0 Å². The minimum atomic E-state index is -0.228. The van der Waals surface area contributed by atoms with Crippen molar-refractivity contribution in [2.75, 3.05) is 5.73 Å². The van der Waals surface area contributed by atoms with Crippen LogP contribution in [0.3, 0.4) is 0 Å². The number of hydrogen-bond donors (Lipinski definition) is 2. The number of anilines is 1. The van der Waals surface area contributed by atoms with E-state index in [-0.39, 0.29) is 5.91 Å². The van der Waals surface area contributed by atoms with Gasteiger partial charge in [-0.1, -0.05) is 18.2 Å². The van der Waals surface area contributed by atoms with Crippen LogP contribution in [0.2, 0.25) is 0 Å². The number of carbonyl (C=O) groups excluding carboxylic acids is 1. The zero-order valence-corrected chi connectivity index (χ0v) is 11.7. The van der Waals surface area contributed by atoms with E-state index in [9.17, 15) is 4.79 Å². The second-order valence-electron chi connectivity index (χ2n) is 4.91. The van der Waals surface area contributed by atoms with E-state index in [4.69, 9.17) is 5.73 Å². The van der Waals surface area contributed by atoms with Gasteiger partial charge >= 0.3 is 0 Å². The van der Waals surface area contributed by atoms with Crippen molar-refractivity contribution in [2.24, 2.45) is 7.05 Å². The van der Waals surface area contributed by atoms with E-state index in [1.807, 2.05) is 54.2 Å². The van der Waals surface area contributed by atoms with Crippen molar-refractivity contribution < 1.29 is 4.79 Å². The minimum absolute atomic E-state index is 0.228. The molecule has 2 aromatic heterocycles. The Morgan fingerprint density at radius 2 is 2.10 bits per heavy atom. The molecule has 0 aliphatic rings. The van der Waals surface area contributed by atoms with Crippen molar-refractivity contribution in [2.45, 2.75) is 6.54 Å². The standard InChI is InChI=1S/C16H16N4O/c1-20-8-4-5-11(20)10-18-16(21)15-9-13(17)12-6-2-3-7-14(12)19-15/h2-9H,10H2,1H3,(H2,17,19)(H,18,21). The highest BCUT2D eigenvalue weighted by molar-refractivity contribution is 5.99. The second-order valence-corrected chi connectivity index (χ2v) is 4.91. The molecule has 0 aliphatic heterocycles. The number of aryl methyl sites for hydroxylation is 1. The molecule has 1 aromatic carbocycles. The van der Waals surface area contributed by atoms with E-state index in [0.717, 1.165) is 16.6 Å². The first-order valence-electron chi connectivity index (χ1n) is 6.69. The molecule has 0 radical (unpaired) electrons. The molecule has 2 heterocycles. The maximum atomic E-state index is 12.2. The number of aromatic nitrogens is 2. The lowest BCUT2D eigenvalue weighted by Gasteiger charge is -2.08. The number of nitrogen functional groups attached to an aromatic ring is 1. The molecule has 21 heavy (non-hydrogen) atoms. The Bertz CT molecular complexity index is 807. The molecule has 0 fully saturated rings. The van der Waals surface area contributed by atoms with Crippen molar-refractivity contribution in [3.05, 3.63) is 60.0 Å². The molecule has 3 rings (SSSR count). The average molecular weight is 280 g/mol. The average Bonchev–Trinajstić information content (AvgIpc) is 2.90. The molecule has 5 nitrogen and oxygen atoms in total. The summed E-state index contributed by atoms with van der Waals surface area (Å²) in [6.07, 6.45) is 1.94. The van der Waals surface area contributed by atoms with Crippen molar-refractivity contribution >= 4 is 22.5 Å². The van der Waals surface area contributed by atoms with Crippen LogP contribution in [0.25, 0.3) is 10.9 Å². The predicted molar refractivity (Wildman–Crippen MR) is 82.7 cm³/mol. The first-order valence-corrected chi connectivity index (χ1v) is 6.69. The lowest BCUT2D eigenvalue weighted by molar-refractivity contribution is 0.0945. The van der Waals surface area contributed by atoms with Gasteiger partial charge in [0.15, 0.2) is 0 Å². The van der Waals surface area contributed by atoms with E-state index < -0.39 is 0 Å². The summed E-state index contributed by atoms with van der Waals surface area (Å²) in [7, 11) is 1.94. The van der Waals surface area contributed by atoms with E-state index in [1.54, 1.807) is 6.07 Å². The van der Waals surface area contributed by atoms with Crippen LogP contribution in [0, 0.1) is 0 Å². The van der Waals surface area contributed by atoms with Gasteiger partial charge in [0, 0.05) is 30.0 Å². The van der Waals surface area contributed by atoms with Gasteiger partial charge in [-0.05, 0) is 24.3 Å². The Morgan fingerprint density at radius 1 is 1.29 bits per heavy atom. The molecular weight excluding hydrogens is 264 g/mol. The number of nitrogens with zero attached hydrogens (tertiary/aromatic N) is 2. The van der Waals surface area contributed by atoms with Crippen LogP contribution >= 0.6 is 0 Å². The fourth-order valence-corrected chi connectivity index (χ4v) is 2.26. The molecule has 0 spiro atoms. The maximum absolute atomic E-state index is 12.2. The number of nitrogens with one attached hydrogen (secondary N) is 1. The summed E-state index contributed by atoms with van der Waals surface area (Å²) in [5, 5.41) is 3.71. The summed E-state index contributed by atoms with van der Waals surface area (Å²) in [5.74, 6) is -0.228. The van der Waals surface area contributed by atoms with Crippen LogP contribution < -0.4 is 11.1 Å². The molecular formula is C16H16N4O. The lowest BCUT2D eigenvalue weighted by Crippen LogP contribution is -2.25. The summed E-state index contributed by atoms with van der Waals surface area (Å²) >= 11 is 0. The molecule has 1 amide bonds. The monoisotopic (exact) mass is 280 g/mol. The van der Waals surface area contributed by atoms with Gasteiger partial charge in [-0.25, -0.2) is 4.98 Å². The molecule has 0 bridgehead atoms. The van der Waals surface area contributed by atoms with Crippen LogP contribution in [0.1, 0.15) is 16.2 Å². The summed E-state index contributed by atoms with van der Waals surface area (Å²) in [4.78, 5) is 16.6. The molecule has 0 atom stereocenters. The van der Waals surface area contributed by atoms with Gasteiger partial charge in [-0.2, -0.15) is 0 Å². The van der Waals surface area contributed by atoms with E-state index in [1.165, 1.54) is 0 Å². The van der Waals surface area contributed by atoms with Gasteiger partial charge in [-0.3, -0.25) is 4.79 Å². The van der Waals surface area contributed by atoms with Crippen molar-refractivity contribution in [1.82, 2.24) is 14.9 Å². The third kappa shape index (κ3) is 2.58. The van der Waals surface area contributed by atoms with Gasteiger partial charge in [0.25, 0.3) is 5.91 Å². The molecule has 3 N–H and O–H groups in total. The van der Waals surface area contributed by atoms with Crippen LogP contribution in [-0.4, -0.2) is 15.5 Å². The maximum Gasteiger partial charge on any atom is 0.270 e. The van der Waals surface area contributed by atoms with Gasteiger partial charge in [0.1, 0.15) is 5.69 Å². The first kappa shape index (κ1) is 13.2. The minimum Gasteiger partial charge on any atom is -0.398 e. The lowest BCUT2D eigenvalue weighted by atomic mass is 10.1. The highest BCUT2D eigenvalue weighted by Gasteiger charge is 2.11. The molecule has 0 saturated carbocycles. The number of pyridine rings is 1. The highest BCUT2D eigenvalue weighted by atomic mass is 16.1. The number of benzene rings is 1. The zero-order valence-electron chi connectivity index (χ0n) is 11.7. The summed E-state index contributed by atoms with van der Waals surface area (Å²) in [6.45, 7) is 0.455. The SMILES string of the molecule is Cn1cccc1CNC(=O)c1cc(N)c2ccccc2n1. The Hall–Kier alpha value is -2.82. The van der Waals surface area contributed by atoms with E-state index in [0.29, 0.717) is 17.9 Å². The number of hydrogen-bond acceptors (Lipinski definition) is 3. The number of para-hydroxylation sites is 1.